The Morgan fingerprint density at radius 2 is 1.89 bits per heavy atom. The molecule has 1 saturated heterocycles. The molecule has 0 atom stereocenters. The number of hydrogen-bond acceptors (Lipinski definition) is 5. The number of nitrogens with zero attached hydrogens (tertiary/aromatic N) is 2. The van der Waals surface area contributed by atoms with Gasteiger partial charge in [-0.15, -0.1) is 0 Å². The van der Waals surface area contributed by atoms with E-state index in [2.05, 4.69) is 10.3 Å². The van der Waals surface area contributed by atoms with Gasteiger partial charge in [0.05, 0.1) is 11.5 Å². The molecular formula is C20H25N3O4S. The highest BCUT2D eigenvalue weighted by atomic mass is 32.2. The predicted octanol–water partition coefficient (Wildman–Crippen LogP) is 3.30. The molecule has 150 valence electrons. The van der Waals surface area contributed by atoms with E-state index in [1.165, 1.54) is 16.4 Å². The molecular weight excluding hydrogens is 378 g/mol. The molecule has 1 aliphatic rings. The number of carbonyl (C=O) groups is 1. The Hall–Kier alpha value is -2.45. The maximum absolute atomic E-state index is 13.0. The molecule has 1 N–H and O–H groups in total. The molecule has 28 heavy (non-hydrogen) atoms. The van der Waals surface area contributed by atoms with E-state index in [0.29, 0.717) is 31.3 Å². The molecule has 1 amide bonds. The zero-order valence-corrected chi connectivity index (χ0v) is 16.7. The highest BCUT2D eigenvalue weighted by Gasteiger charge is 2.26. The van der Waals surface area contributed by atoms with Crippen LogP contribution in [0.1, 0.15) is 43.0 Å². The van der Waals surface area contributed by atoms with Gasteiger partial charge in [0.1, 0.15) is 5.69 Å². The molecule has 1 aromatic heterocycles. The fourth-order valence-electron chi connectivity index (χ4n) is 3.16. The van der Waals surface area contributed by atoms with Gasteiger partial charge in [0, 0.05) is 24.8 Å². The summed E-state index contributed by atoms with van der Waals surface area (Å²) in [6.45, 7) is 3.29. The summed E-state index contributed by atoms with van der Waals surface area (Å²) in [6.07, 6.45) is 5.39. The van der Waals surface area contributed by atoms with Crippen LogP contribution in [0.15, 0.2) is 47.5 Å². The third-order valence-corrected chi connectivity index (χ3v) is 6.49. The summed E-state index contributed by atoms with van der Waals surface area (Å²) in [4.78, 5) is 16.9. The summed E-state index contributed by atoms with van der Waals surface area (Å²) in [5.74, 6) is -0.0893. The Morgan fingerprint density at radius 3 is 2.61 bits per heavy atom. The minimum atomic E-state index is -3.61. The number of carbonyl (C=O) groups excluding carboxylic acids is 1. The SMILES string of the molecule is CCOc1ncccc1NC(=O)c1cccc(S(=O)(=O)N2CCCCCC2)c1. The van der Waals surface area contributed by atoms with E-state index >= 15 is 0 Å². The predicted molar refractivity (Wildman–Crippen MR) is 107 cm³/mol. The first-order valence-electron chi connectivity index (χ1n) is 9.52. The van der Waals surface area contributed by atoms with Gasteiger partial charge in [-0.25, -0.2) is 13.4 Å². The molecule has 7 nitrogen and oxygen atoms in total. The second kappa shape index (κ2) is 9.16. The zero-order valence-electron chi connectivity index (χ0n) is 15.9. The number of benzene rings is 1. The molecule has 8 heteroatoms. The molecule has 0 saturated carbocycles. The van der Waals surface area contributed by atoms with Gasteiger partial charge >= 0.3 is 0 Å². The van der Waals surface area contributed by atoms with Crippen LogP contribution in [0.4, 0.5) is 5.69 Å². The highest BCUT2D eigenvalue weighted by Crippen LogP contribution is 2.24. The van der Waals surface area contributed by atoms with Crippen LogP contribution >= 0.6 is 0 Å². The van der Waals surface area contributed by atoms with Crippen molar-refractivity contribution in [3.63, 3.8) is 0 Å². The van der Waals surface area contributed by atoms with Gasteiger partial charge in [-0.3, -0.25) is 4.79 Å². The standard InChI is InChI=1S/C20H25N3O4S/c1-2-27-20-18(11-8-12-21-20)22-19(24)16-9-7-10-17(15-16)28(25,26)23-13-5-3-4-6-14-23/h7-12,15H,2-6,13-14H2,1H3,(H,22,24). The van der Waals surface area contributed by atoms with Crippen molar-refractivity contribution in [3.8, 4) is 5.88 Å². The Bertz CT molecular complexity index is 923. The fourth-order valence-corrected chi connectivity index (χ4v) is 4.72. The van der Waals surface area contributed by atoms with Crippen LogP contribution in [0.3, 0.4) is 0 Å². The Balaban J connectivity index is 1.82. The largest absolute Gasteiger partial charge is 0.476 e. The topological polar surface area (TPSA) is 88.6 Å². The fraction of sp³-hybridized carbons (Fsp3) is 0.400. The van der Waals surface area contributed by atoms with Crippen molar-refractivity contribution in [2.45, 2.75) is 37.5 Å². The van der Waals surface area contributed by atoms with Crippen molar-refractivity contribution in [2.24, 2.45) is 0 Å². The van der Waals surface area contributed by atoms with E-state index in [0.717, 1.165) is 25.7 Å². The van der Waals surface area contributed by atoms with E-state index in [1.54, 1.807) is 30.5 Å². The lowest BCUT2D eigenvalue weighted by Crippen LogP contribution is -2.32. The Morgan fingerprint density at radius 1 is 1.14 bits per heavy atom. The Labute approximate surface area is 165 Å². The van der Waals surface area contributed by atoms with Crippen molar-refractivity contribution in [1.29, 1.82) is 0 Å². The average Bonchev–Trinajstić information content (AvgIpc) is 3.00. The van der Waals surface area contributed by atoms with E-state index in [9.17, 15) is 13.2 Å². The maximum Gasteiger partial charge on any atom is 0.255 e. The van der Waals surface area contributed by atoms with Crippen molar-refractivity contribution < 1.29 is 17.9 Å². The van der Waals surface area contributed by atoms with Crippen LogP contribution in [0.5, 0.6) is 5.88 Å². The van der Waals surface area contributed by atoms with Gasteiger partial charge in [0.15, 0.2) is 0 Å². The van der Waals surface area contributed by atoms with Crippen molar-refractivity contribution >= 4 is 21.6 Å². The smallest absolute Gasteiger partial charge is 0.255 e. The first-order valence-corrected chi connectivity index (χ1v) is 11.0. The lowest BCUT2D eigenvalue weighted by molar-refractivity contribution is 0.102. The van der Waals surface area contributed by atoms with E-state index in [-0.39, 0.29) is 10.5 Å². The lowest BCUT2D eigenvalue weighted by atomic mass is 10.2. The van der Waals surface area contributed by atoms with Gasteiger partial charge in [0.2, 0.25) is 15.9 Å². The molecule has 1 aromatic carbocycles. The number of nitrogens with one attached hydrogen (secondary N) is 1. The molecule has 1 fully saturated rings. The molecule has 2 aromatic rings. The first-order chi connectivity index (χ1) is 13.5. The lowest BCUT2D eigenvalue weighted by Gasteiger charge is -2.20. The molecule has 0 bridgehead atoms. The van der Waals surface area contributed by atoms with Gasteiger partial charge in [-0.05, 0) is 50.1 Å². The molecule has 3 rings (SSSR count). The molecule has 0 unspecified atom stereocenters. The number of amides is 1. The molecule has 0 aliphatic carbocycles. The van der Waals surface area contributed by atoms with Gasteiger partial charge in [0.25, 0.3) is 5.91 Å². The van der Waals surface area contributed by atoms with Crippen LogP contribution in [0.2, 0.25) is 0 Å². The minimum Gasteiger partial charge on any atom is -0.476 e. The second-order valence-corrected chi connectivity index (χ2v) is 8.53. The van der Waals surface area contributed by atoms with Gasteiger partial charge in [-0.2, -0.15) is 4.31 Å². The summed E-state index contributed by atoms with van der Waals surface area (Å²) < 4.78 is 32.9. The van der Waals surface area contributed by atoms with Crippen LogP contribution in [0, 0.1) is 0 Å². The monoisotopic (exact) mass is 403 g/mol. The van der Waals surface area contributed by atoms with Crippen LogP contribution in [-0.2, 0) is 10.0 Å². The quantitative estimate of drug-likeness (QED) is 0.799. The van der Waals surface area contributed by atoms with Gasteiger partial charge in [-0.1, -0.05) is 18.9 Å². The summed E-state index contributed by atoms with van der Waals surface area (Å²) in [6, 6.07) is 9.52. The van der Waals surface area contributed by atoms with E-state index in [1.807, 2.05) is 6.92 Å². The number of anilines is 1. The normalized spacial score (nSPS) is 15.6. The van der Waals surface area contributed by atoms with Crippen molar-refractivity contribution in [1.82, 2.24) is 9.29 Å². The number of rotatable bonds is 6. The summed E-state index contributed by atoms with van der Waals surface area (Å²) in [5, 5.41) is 2.74. The van der Waals surface area contributed by atoms with Gasteiger partial charge < -0.3 is 10.1 Å². The van der Waals surface area contributed by atoms with Crippen LogP contribution in [-0.4, -0.2) is 43.3 Å². The maximum atomic E-state index is 13.0. The minimum absolute atomic E-state index is 0.137. The zero-order chi connectivity index (χ0) is 20.0. The Kier molecular flexibility index (Phi) is 6.64. The molecule has 2 heterocycles. The van der Waals surface area contributed by atoms with Crippen molar-refractivity contribution in [2.75, 3.05) is 25.0 Å². The number of pyridine rings is 1. The van der Waals surface area contributed by atoms with Crippen LogP contribution in [0.25, 0.3) is 0 Å². The molecule has 0 radical (unpaired) electrons. The first kappa shape index (κ1) is 20.3. The highest BCUT2D eigenvalue weighted by molar-refractivity contribution is 7.89. The third kappa shape index (κ3) is 4.69. The third-order valence-electron chi connectivity index (χ3n) is 4.60. The molecule has 1 aliphatic heterocycles. The van der Waals surface area contributed by atoms with E-state index < -0.39 is 15.9 Å². The van der Waals surface area contributed by atoms with E-state index in [4.69, 9.17) is 4.74 Å². The average molecular weight is 404 g/mol. The summed E-state index contributed by atoms with van der Waals surface area (Å²) in [7, 11) is -3.61. The summed E-state index contributed by atoms with van der Waals surface area (Å²) in [5.41, 5.74) is 0.706. The molecule has 0 spiro atoms. The number of hydrogen-bond donors (Lipinski definition) is 1. The van der Waals surface area contributed by atoms with Crippen molar-refractivity contribution in [3.05, 3.63) is 48.2 Å². The number of sulfonamides is 1. The summed E-state index contributed by atoms with van der Waals surface area (Å²) >= 11 is 0. The second-order valence-electron chi connectivity index (χ2n) is 6.59. The van der Waals surface area contributed by atoms with Crippen LogP contribution < -0.4 is 10.1 Å². The number of aromatic nitrogens is 1. The number of ether oxygens (including phenoxy) is 1.